The minimum Gasteiger partial charge on any atom is -0.477 e. The number of rotatable bonds is 39. The second kappa shape index (κ2) is 38.9. The zero-order valence-electron chi connectivity index (χ0n) is 36.6. The summed E-state index contributed by atoms with van der Waals surface area (Å²) >= 11 is 0. The number of carbonyl (C=O) groups is 3. The van der Waals surface area contributed by atoms with Crippen LogP contribution >= 0.6 is 0 Å². The molecule has 0 aromatic rings. The number of unbranched alkanes of at least 4 members (excludes halogenated alkanes) is 15. The normalized spacial score (nSPS) is 13.5. The van der Waals surface area contributed by atoms with Gasteiger partial charge in [0.05, 0.1) is 34.4 Å². The average Bonchev–Trinajstić information content (AvgIpc) is 3.15. The molecule has 0 saturated heterocycles. The first kappa shape index (κ1) is 53.0. The van der Waals surface area contributed by atoms with E-state index in [1.54, 1.807) is 0 Å². The van der Waals surface area contributed by atoms with Crippen molar-refractivity contribution < 1.29 is 38.2 Å². The highest BCUT2D eigenvalue weighted by atomic mass is 16.6. The van der Waals surface area contributed by atoms with Crippen LogP contribution in [0.2, 0.25) is 0 Å². The van der Waals surface area contributed by atoms with Gasteiger partial charge in [0.2, 0.25) is 0 Å². The molecular weight excluding hydrogens is 703 g/mol. The van der Waals surface area contributed by atoms with Crippen molar-refractivity contribution in [3.8, 4) is 0 Å². The summed E-state index contributed by atoms with van der Waals surface area (Å²) in [5.41, 5.74) is 0. The summed E-state index contributed by atoms with van der Waals surface area (Å²) in [7, 11) is 5.51. The number of nitrogens with zero attached hydrogens (tertiary/aromatic N) is 1. The van der Waals surface area contributed by atoms with Gasteiger partial charge in [-0.15, -0.1) is 0 Å². The van der Waals surface area contributed by atoms with Crippen LogP contribution in [-0.2, 0) is 28.6 Å². The fourth-order valence-electron chi connectivity index (χ4n) is 6.23. The minimum absolute atomic E-state index is 0.0542. The molecule has 0 saturated carbocycles. The second-order valence-corrected chi connectivity index (χ2v) is 15.9. The van der Waals surface area contributed by atoms with Crippen LogP contribution < -0.4 is 0 Å². The maximum absolute atomic E-state index is 12.7. The molecule has 0 aromatic heterocycles. The van der Waals surface area contributed by atoms with Crippen LogP contribution in [0.3, 0.4) is 0 Å². The van der Waals surface area contributed by atoms with Crippen molar-refractivity contribution in [2.75, 3.05) is 41.0 Å². The number of allylic oxidation sites excluding steroid dienone is 10. The van der Waals surface area contributed by atoms with Crippen molar-refractivity contribution >= 4 is 17.9 Å². The smallest absolute Gasteiger partial charge is 0.362 e. The summed E-state index contributed by atoms with van der Waals surface area (Å²) < 4.78 is 17.2. The number of esters is 2. The van der Waals surface area contributed by atoms with Crippen molar-refractivity contribution in [1.82, 2.24) is 0 Å². The van der Waals surface area contributed by atoms with Gasteiger partial charge in [-0.2, -0.15) is 0 Å². The summed E-state index contributed by atoms with van der Waals surface area (Å²) in [5, 5.41) is 9.61. The number of aliphatic carboxylic acids is 1. The lowest BCUT2D eigenvalue weighted by Gasteiger charge is -2.31. The summed E-state index contributed by atoms with van der Waals surface area (Å²) in [4.78, 5) is 36.9. The lowest BCUT2D eigenvalue weighted by molar-refractivity contribution is -0.887. The predicted octanol–water partition coefficient (Wildman–Crippen LogP) is 12.2. The number of carbonyl (C=O) groups excluding carboxylic acids is 2. The summed E-state index contributed by atoms with van der Waals surface area (Å²) in [6, 6.07) is -0.618. The minimum atomic E-state index is -0.879. The van der Waals surface area contributed by atoms with Crippen molar-refractivity contribution in [1.29, 1.82) is 0 Å². The molecule has 0 rings (SSSR count). The van der Waals surface area contributed by atoms with E-state index in [0.717, 1.165) is 83.5 Å². The van der Waals surface area contributed by atoms with Crippen LogP contribution in [0.1, 0.15) is 174 Å². The van der Waals surface area contributed by atoms with Crippen molar-refractivity contribution in [2.45, 2.75) is 187 Å². The fraction of sp³-hybridized carbons (Fsp3) is 0.729. The standard InChI is InChI=1S/C48H83NO7/c1-6-8-10-12-14-16-18-19-20-21-22-23-24-25-26-27-28-29-31-33-35-37-39-47(51)56-44(42-54-41-40-45(48(52)53)49(3,4)5)43-55-46(50)38-36-34-32-30-17-15-13-11-9-7-2/h8,10,14,16,19-20,22-23,25-26,44-45H,6-7,9,11-13,15,17-18,21,24,27-43H2,1-5H3/p+1/b10-8+,16-14+,20-19+,23-22+,26-25+. The number of ether oxygens (including phenoxy) is 3. The van der Waals surface area contributed by atoms with Gasteiger partial charge in [-0.1, -0.05) is 158 Å². The second-order valence-electron chi connectivity index (χ2n) is 15.9. The zero-order chi connectivity index (χ0) is 41.4. The first-order valence-electron chi connectivity index (χ1n) is 22.3. The van der Waals surface area contributed by atoms with Gasteiger partial charge in [-0.25, -0.2) is 4.79 Å². The molecule has 1 N–H and O–H groups in total. The molecule has 0 aromatic carbocycles. The van der Waals surface area contributed by atoms with E-state index in [1.807, 2.05) is 21.1 Å². The molecule has 0 amide bonds. The van der Waals surface area contributed by atoms with Crippen molar-refractivity contribution in [3.05, 3.63) is 60.8 Å². The maximum atomic E-state index is 12.7. The van der Waals surface area contributed by atoms with Gasteiger partial charge in [0.15, 0.2) is 12.1 Å². The molecule has 0 aliphatic heterocycles. The first-order chi connectivity index (χ1) is 27.1. The highest BCUT2D eigenvalue weighted by Crippen LogP contribution is 2.14. The van der Waals surface area contributed by atoms with Crippen LogP contribution in [0.15, 0.2) is 60.8 Å². The number of hydrogen-bond acceptors (Lipinski definition) is 6. The van der Waals surface area contributed by atoms with E-state index < -0.39 is 18.1 Å². The Hall–Kier alpha value is -2.97. The van der Waals surface area contributed by atoms with E-state index in [4.69, 9.17) is 14.2 Å². The van der Waals surface area contributed by atoms with Gasteiger partial charge in [0.25, 0.3) is 0 Å². The van der Waals surface area contributed by atoms with E-state index >= 15 is 0 Å². The van der Waals surface area contributed by atoms with Crippen LogP contribution in [0.4, 0.5) is 0 Å². The summed E-state index contributed by atoms with van der Waals surface area (Å²) in [5.74, 6) is -1.49. The number of likely N-dealkylation sites (N-methyl/N-ethyl adjacent to an activating group) is 1. The first-order valence-corrected chi connectivity index (χ1v) is 22.3. The molecule has 56 heavy (non-hydrogen) atoms. The topological polar surface area (TPSA) is 99.1 Å². The SMILES string of the molecule is CC/C=C/C/C=C/C/C=C/C/C=C/C/C=C/CCCCCCCCC(=O)OC(COCCC(C(=O)O)[N+](C)(C)C)COC(=O)CCCCCCCCCCCC. The molecule has 2 unspecified atom stereocenters. The lowest BCUT2D eigenvalue weighted by Crippen LogP contribution is -2.50. The Morgan fingerprint density at radius 2 is 1.00 bits per heavy atom. The van der Waals surface area contributed by atoms with E-state index in [1.165, 1.54) is 57.8 Å². The van der Waals surface area contributed by atoms with Crippen molar-refractivity contribution in [3.63, 3.8) is 0 Å². The molecule has 0 aliphatic rings. The van der Waals surface area contributed by atoms with Crippen LogP contribution in [-0.4, -0.2) is 80.6 Å². The molecule has 322 valence electrons. The Morgan fingerprint density at radius 1 is 0.554 bits per heavy atom. The van der Waals surface area contributed by atoms with Crippen LogP contribution in [0.5, 0.6) is 0 Å². The number of carboxylic acids is 1. The Bertz CT molecular complexity index is 1100. The Kier molecular flexibility index (Phi) is 36.8. The molecule has 2 atom stereocenters. The van der Waals surface area contributed by atoms with E-state index in [9.17, 15) is 19.5 Å². The average molecular weight is 787 g/mol. The third kappa shape index (κ3) is 36.7. The van der Waals surface area contributed by atoms with Gasteiger partial charge in [0, 0.05) is 19.3 Å². The number of carboxylic acid groups (broad SMARTS) is 1. The Labute approximate surface area is 343 Å². The Morgan fingerprint density at radius 3 is 1.48 bits per heavy atom. The fourth-order valence-corrected chi connectivity index (χ4v) is 6.23. The third-order valence-corrected chi connectivity index (χ3v) is 9.68. The molecule has 0 fully saturated rings. The molecule has 0 bridgehead atoms. The summed E-state index contributed by atoms with van der Waals surface area (Å²) in [6.07, 6.45) is 46.9. The van der Waals surface area contributed by atoms with E-state index in [0.29, 0.717) is 19.3 Å². The number of quaternary nitrogens is 1. The van der Waals surface area contributed by atoms with Gasteiger partial charge in [-0.05, 0) is 57.8 Å². The van der Waals surface area contributed by atoms with Crippen LogP contribution in [0, 0.1) is 0 Å². The van der Waals surface area contributed by atoms with E-state index in [-0.39, 0.29) is 36.2 Å². The Balaban J connectivity index is 4.32. The van der Waals surface area contributed by atoms with Gasteiger partial charge in [0.1, 0.15) is 6.61 Å². The van der Waals surface area contributed by atoms with Gasteiger partial charge in [-0.3, -0.25) is 9.59 Å². The molecular formula is C48H84NO7+. The predicted molar refractivity (Wildman–Crippen MR) is 234 cm³/mol. The highest BCUT2D eigenvalue weighted by Gasteiger charge is 2.31. The quantitative estimate of drug-likeness (QED) is 0.0287. The lowest BCUT2D eigenvalue weighted by atomic mass is 10.1. The van der Waals surface area contributed by atoms with E-state index in [2.05, 4.69) is 74.6 Å². The highest BCUT2D eigenvalue weighted by molar-refractivity contribution is 5.72. The largest absolute Gasteiger partial charge is 0.477 e. The molecule has 0 heterocycles. The zero-order valence-corrected chi connectivity index (χ0v) is 36.6. The maximum Gasteiger partial charge on any atom is 0.362 e. The van der Waals surface area contributed by atoms with Gasteiger partial charge < -0.3 is 23.8 Å². The monoisotopic (exact) mass is 787 g/mol. The molecule has 8 nitrogen and oxygen atoms in total. The summed E-state index contributed by atoms with van der Waals surface area (Å²) in [6.45, 7) is 4.59. The van der Waals surface area contributed by atoms with Gasteiger partial charge >= 0.3 is 17.9 Å². The molecule has 0 radical (unpaired) electrons. The molecule has 0 spiro atoms. The molecule has 8 heteroatoms. The number of hydrogen-bond donors (Lipinski definition) is 1. The van der Waals surface area contributed by atoms with Crippen molar-refractivity contribution in [2.24, 2.45) is 0 Å². The van der Waals surface area contributed by atoms with Crippen LogP contribution in [0.25, 0.3) is 0 Å². The molecule has 0 aliphatic carbocycles. The third-order valence-electron chi connectivity index (χ3n) is 9.68.